The lowest BCUT2D eigenvalue weighted by molar-refractivity contribution is 0.0691. The van der Waals surface area contributed by atoms with Crippen molar-refractivity contribution < 1.29 is 19.0 Å². The Balaban J connectivity index is 2.25. The average molecular weight is 325 g/mol. The first kappa shape index (κ1) is 13.5. The van der Waals surface area contributed by atoms with Crippen molar-refractivity contribution in [3.63, 3.8) is 0 Å². The van der Waals surface area contributed by atoms with E-state index in [1.165, 1.54) is 12.1 Å². The third-order valence-corrected chi connectivity index (χ3v) is 3.15. The van der Waals surface area contributed by atoms with Gasteiger partial charge in [-0.15, -0.1) is 0 Å². The SMILES string of the molecule is O=C(O)c1cccc(Br)c1OCc1ccccc1F. The van der Waals surface area contributed by atoms with Crippen molar-refractivity contribution in [2.24, 2.45) is 0 Å². The molecule has 3 nitrogen and oxygen atoms in total. The minimum absolute atomic E-state index is 0.0322. The van der Waals surface area contributed by atoms with Gasteiger partial charge in [0.1, 0.15) is 23.7 Å². The normalized spacial score (nSPS) is 10.2. The van der Waals surface area contributed by atoms with Gasteiger partial charge in [0, 0.05) is 5.56 Å². The minimum atomic E-state index is -1.09. The van der Waals surface area contributed by atoms with Gasteiger partial charge in [0.25, 0.3) is 0 Å². The van der Waals surface area contributed by atoms with Crippen molar-refractivity contribution >= 4 is 21.9 Å². The van der Waals surface area contributed by atoms with Crippen molar-refractivity contribution in [3.8, 4) is 5.75 Å². The molecule has 2 aromatic carbocycles. The molecule has 0 saturated heterocycles. The number of ether oxygens (including phenoxy) is 1. The molecule has 1 N–H and O–H groups in total. The van der Waals surface area contributed by atoms with Crippen molar-refractivity contribution in [1.29, 1.82) is 0 Å². The molecule has 2 aromatic rings. The molecule has 0 aliphatic heterocycles. The van der Waals surface area contributed by atoms with E-state index >= 15 is 0 Å². The van der Waals surface area contributed by atoms with Crippen LogP contribution in [0.3, 0.4) is 0 Å². The fourth-order valence-electron chi connectivity index (χ4n) is 1.59. The van der Waals surface area contributed by atoms with Gasteiger partial charge in [-0.2, -0.15) is 0 Å². The Morgan fingerprint density at radius 3 is 2.63 bits per heavy atom. The number of para-hydroxylation sites is 1. The summed E-state index contributed by atoms with van der Waals surface area (Å²) in [6.45, 7) is -0.0322. The summed E-state index contributed by atoms with van der Waals surface area (Å²) in [6.07, 6.45) is 0. The van der Waals surface area contributed by atoms with Crippen LogP contribution >= 0.6 is 15.9 Å². The monoisotopic (exact) mass is 324 g/mol. The Hall–Kier alpha value is -1.88. The van der Waals surface area contributed by atoms with Gasteiger partial charge in [-0.1, -0.05) is 24.3 Å². The van der Waals surface area contributed by atoms with Crippen LogP contribution in [0.1, 0.15) is 15.9 Å². The zero-order valence-corrected chi connectivity index (χ0v) is 11.4. The summed E-state index contributed by atoms with van der Waals surface area (Å²) in [4.78, 5) is 11.1. The van der Waals surface area contributed by atoms with E-state index in [9.17, 15) is 9.18 Å². The first-order valence-electron chi connectivity index (χ1n) is 5.47. The molecule has 0 bridgehead atoms. The van der Waals surface area contributed by atoms with Crippen LogP contribution in [0.15, 0.2) is 46.9 Å². The van der Waals surface area contributed by atoms with Crippen LogP contribution in [0.5, 0.6) is 5.75 Å². The number of benzene rings is 2. The minimum Gasteiger partial charge on any atom is -0.487 e. The molecule has 0 amide bonds. The predicted molar refractivity (Wildman–Crippen MR) is 71.8 cm³/mol. The number of carbonyl (C=O) groups is 1. The van der Waals surface area contributed by atoms with Gasteiger partial charge in [-0.3, -0.25) is 0 Å². The number of aromatic carboxylic acids is 1. The molecule has 0 atom stereocenters. The maximum absolute atomic E-state index is 13.4. The van der Waals surface area contributed by atoms with Crippen molar-refractivity contribution in [2.45, 2.75) is 6.61 Å². The van der Waals surface area contributed by atoms with E-state index in [4.69, 9.17) is 9.84 Å². The van der Waals surface area contributed by atoms with E-state index in [-0.39, 0.29) is 23.7 Å². The van der Waals surface area contributed by atoms with Gasteiger partial charge < -0.3 is 9.84 Å². The van der Waals surface area contributed by atoms with E-state index in [2.05, 4.69) is 15.9 Å². The second-order valence-corrected chi connectivity index (χ2v) is 4.66. The van der Waals surface area contributed by atoms with E-state index < -0.39 is 5.97 Å². The molecule has 0 saturated carbocycles. The highest BCUT2D eigenvalue weighted by Gasteiger charge is 2.14. The van der Waals surface area contributed by atoms with Gasteiger partial charge in [-0.05, 0) is 34.1 Å². The van der Waals surface area contributed by atoms with Gasteiger partial charge in [0.2, 0.25) is 0 Å². The second kappa shape index (κ2) is 5.84. The molecule has 0 aliphatic carbocycles. The van der Waals surface area contributed by atoms with E-state index in [0.717, 1.165) is 0 Å². The van der Waals surface area contributed by atoms with Crippen LogP contribution in [-0.2, 0) is 6.61 Å². The van der Waals surface area contributed by atoms with Gasteiger partial charge in [0.15, 0.2) is 0 Å². The zero-order chi connectivity index (χ0) is 13.8. The maximum Gasteiger partial charge on any atom is 0.339 e. The molecule has 0 unspecified atom stereocenters. The largest absolute Gasteiger partial charge is 0.487 e. The lowest BCUT2D eigenvalue weighted by atomic mass is 10.2. The summed E-state index contributed by atoms with van der Waals surface area (Å²) in [5.41, 5.74) is 0.403. The third-order valence-electron chi connectivity index (χ3n) is 2.53. The van der Waals surface area contributed by atoms with Crippen LogP contribution in [0.2, 0.25) is 0 Å². The molecule has 98 valence electrons. The number of hydrogen-bond acceptors (Lipinski definition) is 2. The Bertz CT molecular complexity index is 613. The van der Waals surface area contributed by atoms with Gasteiger partial charge >= 0.3 is 5.97 Å². The average Bonchev–Trinajstić information content (AvgIpc) is 2.38. The second-order valence-electron chi connectivity index (χ2n) is 3.80. The Labute approximate surface area is 117 Å². The van der Waals surface area contributed by atoms with E-state index in [0.29, 0.717) is 10.0 Å². The predicted octanol–water partition coefficient (Wildman–Crippen LogP) is 3.87. The van der Waals surface area contributed by atoms with Crippen molar-refractivity contribution in [3.05, 3.63) is 63.9 Å². The quantitative estimate of drug-likeness (QED) is 0.928. The molecule has 0 aromatic heterocycles. The van der Waals surface area contributed by atoms with E-state index in [1.54, 1.807) is 30.3 Å². The summed E-state index contributed by atoms with van der Waals surface area (Å²) < 4.78 is 19.4. The molecule has 0 fully saturated rings. The molecular weight excluding hydrogens is 315 g/mol. The molecule has 0 aliphatic rings. The smallest absolute Gasteiger partial charge is 0.339 e. The number of rotatable bonds is 4. The molecule has 2 rings (SSSR count). The Morgan fingerprint density at radius 1 is 1.21 bits per heavy atom. The van der Waals surface area contributed by atoms with Crippen LogP contribution in [0.25, 0.3) is 0 Å². The van der Waals surface area contributed by atoms with Gasteiger partial charge in [0.05, 0.1) is 4.47 Å². The first-order valence-corrected chi connectivity index (χ1v) is 6.27. The third kappa shape index (κ3) is 3.12. The number of carboxylic acids is 1. The molecule has 5 heteroatoms. The zero-order valence-electron chi connectivity index (χ0n) is 9.77. The first-order chi connectivity index (χ1) is 9.09. The number of hydrogen-bond donors (Lipinski definition) is 1. The van der Waals surface area contributed by atoms with Crippen molar-refractivity contribution in [2.75, 3.05) is 0 Å². The fraction of sp³-hybridized carbons (Fsp3) is 0.0714. The van der Waals surface area contributed by atoms with E-state index in [1.807, 2.05) is 0 Å². The summed E-state index contributed by atoms with van der Waals surface area (Å²) in [5.74, 6) is -1.28. The standard InChI is InChI=1S/C14H10BrFO3/c15-11-6-3-5-10(14(17)18)13(11)19-8-9-4-1-2-7-12(9)16/h1-7H,8H2,(H,17,18). The molecule has 0 spiro atoms. The number of carboxylic acid groups (broad SMARTS) is 1. The molecule has 19 heavy (non-hydrogen) atoms. The number of halogens is 2. The van der Waals surface area contributed by atoms with Crippen molar-refractivity contribution in [1.82, 2.24) is 0 Å². The lowest BCUT2D eigenvalue weighted by Crippen LogP contribution is -2.05. The molecule has 0 radical (unpaired) electrons. The summed E-state index contributed by atoms with van der Waals surface area (Å²) in [6, 6.07) is 10.9. The Kier molecular flexibility index (Phi) is 4.16. The van der Waals surface area contributed by atoms with Crippen LogP contribution < -0.4 is 4.74 Å². The van der Waals surface area contributed by atoms with Crippen LogP contribution in [-0.4, -0.2) is 11.1 Å². The maximum atomic E-state index is 13.4. The van der Waals surface area contributed by atoms with Crippen LogP contribution in [0, 0.1) is 5.82 Å². The topological polar surface area (TPSA) is 46.5 Å². The van der Waals surface area contributed by atoms with Crippen LogP contribution in [0.4, 0.5) is 4.39 Å². The highest BCUT2D eigenvalue weighted by Crippen LogP contribution is 2.30. The fourth-order valence-corrected chi connectivity index (χ4v) is 2.07. The lowest BCUT2D eigenvalue weighted by Gasteiger charge is -2.11. The Morgan fingerprint density at radius 2 is 1.95 bits per heavy atom. The summed E-state index contributed by atoms with van der Waals surface area (Å²) in [7, 11) is 0. The van der Waals surface area contributed by atoms with Gasteiger partial charge in [-0.25, -0.2) is 9.18 Å². The summed E-state index contributed by atoms with van der Waals surface area (Å²) >= 11 is 3.23. The highest BCUT2D eigenvalue weighted by molar-refractivity contribution is 9.10. The molecule has 0 heterocycles. The highest BCUT2D eigenvalue weighted by atomic mass is 79.9. The summed E-state index contributed by atoms with van der Waals surface area (Å²) in [5, 5.41) is 9.07. The molecular formula is C14H10BrFO3.